The molecule has 0 atom stereocenters. The molecule has 0 heterocycles. The normalized spacial score (nSPS) is 11.0. The number of hydrogen-bond acceptors (Lipinski definition) is 3. The predicted molar refractivity (Wildman–Crippen MR) is 256 cm³/mol. The first-order valence-corrected chi connectivity index (χ1v) is 24.8. The van der Waals surface area contributed by atoms with Crippen molar-refractivity contribution in [3.63, 3.8) is 0 Å². The average Bonchev–Trinajstić information content (AvgIpc) is 3.26. The van der Waals surface area contributed by atoms with E-state index in [9.17, 15) is 0 Å². The minimum absolute atomic E-state index is 0.665. The smallest absolute Gasteiger partial charge is 0.203 e. The number of unbranched alkanes of at least 4 members (excludes halogenated alkanes) is 27. The van der Waals surface area contributed by atoms with Crippen molar-refractivity contribution in [3.05, 3.63) is 65.2 Å². The van der Waals surface area contributed by atoms with E-state index in [2.05, 4.69) is 62.8 Å². The van der Waals surface area contributed by atoms with Crippen LogP contribution in [0.3, 0.4) is 0 Å². The van der Waals surface area contributed by atoms with Crippen LogP contribution in [0, 0.1) is 24.2 Å². The summed E-state index contributed by atoms with van der Waals surface area (Å²) in [5.74, 6) is 12.0. The van der Waals surface area contributed by atoms with Crippen molar-refractivity contribution >= 4 is 10.8 Å². The Bertz CT molecular complexity index is 1560. The van der Waals surface area contributed by atoms with Crippen molar-refractivity contribution in [2.24, 2.45) is 0 Å². The molecule has 0 spiro atoms. The van der Waals surface area contributed by atoms with E-state index in [1.54, 1.807) is 0 Å². The third-order valence-corrected chi connectivity index (χ3v) is 11.7. The van der Waals surface area contributed by atoms with Crippen molar-refractivity contribution in [1.29, 1.82) is 0 Å². The summed E-state index contributed by atoms with van der Waals surface area (Å²) in [5.41, 5.74) is 2.72. The lowest BCUT2D eigenvalue weighted by molar-refractivity contribution is 0.234. The highest BCUT2D eigenvalue weighted by atomic mass is 16.5. The third kappa shape index (κ3) is 22.0. The Labute approximate surface area is 363 Å². The molecule has 0 unspecified atom stereocenters. The molecule has 0 amide bonds. The summed E-state index contributed by atoms with van der Waals surface area (Å²) < 4.78 is 19.8. The molecule has 0 saturated heterocycles. The van der Waals surface area contributed by atoms with Crippen LogP contribution in [0.1, 0.15) is 230 Å². The van der Waals surface area contributed by atoms with E-state index in [4.69, 9.17) is 20.6 Å². The zero-order valence-electron chi connectivity index (χ0n) is 38.3. The molecule has 0 radical (unpaired) electrons. The highest BCUT2D eigenvalue weighted by Gasteiger charge is 2.16. The number of hydrogen-bond donors (Lipinski definition) is 0. The number of rotatable bonds is 36. The lowest BCUT2D eigenvalue weighted by Gasteiger charge is -2.18. The first-order valence-electron chi connectivity index (χ1n) is 24.8. The van der Waals surface area contributed by atoms with Crippen LogP contribution in [0.2, 0.25) is 0 Å². The maximum atomic E-state index is 6.63. The van der Waals surface area contributed by atoms with Gasteiger partial charge in [-0.1, -0.05) is 236 Å². The fourth-order valence-corrected chi connectivity index (χ4v) is 7.99. The predicted octanol–water partition coefficient (Wildman–Crippen LogP) is 17.1. The van der Waals surface area contributed by atoms with Crippen LogP contribution in [0.25, 0.3) is 10.8 Å². The summed E-state index contributed by atoms with van der Waals surface area (Å²) in [6.45, 7) is 8.86. The number of ether oxygens (including phenoxy) is 3. The van der Waals surface area contributed by atoms with Crippen LogP contribution in [0.5, 0.6) is 17.2 Å². The van der Waals surface area contributed by atoms with E-state index in [1.165, 1.54) is 173 Å². The van der Waals surface area contributed by atoms with E-state index >= 15 is 0 Å². The molecule has 0 fully saturated rings. The standard InChI is InChI=1S/C56H84O3/c1-5-9-12-15-18-21-24-27-30-35-44-57-54-47-49(40-41-51-43-42-50(8-4)52-38-33-34-39-53(51)52)48-55(58-45-36-31-28-25-22-19-16-13-10-6-2)56(54)59-46-37-32-29-26-23-20-17-14-11-7-3/h4,33-34,38-39,42-43,47-48H,5-7,9-32,35-37,44-46H2,1-3H3. The Hall–Kier alpha value is -3.56. The molecule has 0 aromatic heterocycles. The molecule has 326 valence electrons. The van der Waals surface area contributed by atoms with Gasteiger partial charge in [0.1, 0.15) is 0 Å². The summed E-state index contributed by atoms with van der Waals surface area (Å²) >= 11 is 0. The molecule has 0 bridgehead atoms. The zero-order chi connectivity index (χ0) is 41.9. The second-order valence-electron chi connectivity index (χ2n) is 17.0. The maximum Gasteiger partial charge on any atom is 0.203 e. The molecule has 3 aromatic carbocycles. The van der Waals surface area contributed by atoms with Crippen molar-refractivity contribution in [2.75, 3.05) is 19.8 Å². The first kappa shape index (κ1) is 49.8. The van der Waals surface area contributed by atoms with Crippen LogP contribution in [-0.4, -0.2) is 19.8 Å². The van der Waals surface area contributed by atoms with Crippen molar-refractivity contribution < 1.29 is 14.2 Å². The van der Waals surface area contributed by atoms with Gasteiger partial charge in [0.15, 0.2) is 11.5 Å². The molecule has 3 rings (SSSR count). The van der Waals surface area contributed by atoms with Crippen molar-refractivity contribution in [3.8, 4) is 41.4 Å². The van der Waals surface area contributed by atoms with Gasteiger partial charge in [0, 0.05) is 16.7 Å². The summed E-state index contributed by atoms with van der Waals surface area (Å²) in [6.07, 6.45) is 44.8. The fourth-order valence-electron chi connectivity index (χ4n) is 7.99. The molecule has 0 saturated carbocycles. The van der Waals surface area contributed by atoms with Gasteiger partial charge in [-0.25, -0.2) is 0 Å². The topological polar surface area (TPSA) is 27.7 Å². The Morgan fingerprint density at radius 3 is 1.12 bits per heavy atom. The van der Waals surface area contributed by atoms with Gasteiger partial charge >= 0.3 is 0 Å². The van der Waals surface area contributed by atoms with Gasteiger partial charge in [-0.15, -0.1) is 6.42 Å². The molecular formula is C56H84O3. The molecular weight excluding hydrogens is 721 g/mol. The highest BCUT2D eigenvalue weighted by molar-refractivity contribution is 5.92. The molecule has 0 aliphatic carbocycles. The van der Waals surface area contributed by atoms with Gasteiger partial charge < -0.3 is 14.2 Å². The molecule has 0 aliphatic heterocycles. The summed E-state index contributed by atoms with van der Waals surface area (Å²) in [7, 11) is 0. The number of terminal acetylenes is 1. The van der Waals surface area contributed by atoms with E-state index in [0.29, 0.717) is 19.8 Å². The van der Waals surface area contributed by atoms with Gasteiger partial charge in [-0.2, -0.15) is 0 Å². The van der Waals surface area contributed by atoms with Gasteiger partial charge in [0.05, 0.1) is 19.8 Å². The van der Waals surface area contributed by atoms with E-state index < -0.39 is 0 Å². The van der Waals surface area contributed by atoms with Crippen LogP contribution in [0.4, 0.5) is 0 Å². The van der Waals surface area contributed by atoms with E-state index in [0.717, 1.165) is 64.0 Å². The molecule has 0 aliphatic rings. The SMILES string of the molecule is C#Cc1ccc(C#Cc2cc(OCCCCCCCCCCCC)c(OCCCCCCCCCCCC)c(OCCCCCCCCCCCC)c2)c2ccccc12. The Balaban J connectivity index is 1.72. The fraction of sp³-hybridized carbons (Fsp3) is 0.643. The van der Waals surface area contributed by atoms with Crippen LogP contribution in [-0.2, 0) is 0 Å². The second-order valence-corrected chi connectivity index (χ2v) is 17.0. The summed E-state index contributed by atoms with van der Waals surface area (Å²) in [6, 6.07) is 16.4. The molecule has 3 aromatic rings. The minimum atomic E-state index is 0.665. The monoisotopic (exact) mass is 805 g/mol. The maximum absolute atomic E-state index is 6.63. The van der Waals surface area contributed by atoms with Gasteiger partial charge in [0.25, 0.3) is 0 Å². The summed E-state index contributed by atoms with van der Waals surface area (Å²) in [5, 5.41) is 2.13. The molecule has 0 N–H and O–H groups in total. The van der Waals surface area contributed by atoms with Crippen LogP contribution >= 0.6 is 0 Å². The van der Waals surface area contributed by atoms with Crippen LogP contribution < -0.4 is 14.2 Å². The van der Waals surface area contributed by atoms with Gasteiger partial charge in [-0.05, 0) is 54.3 Å². The van der Waals surface area contributed by atoms with Gasteiger partial charge in [0.2, 0.25) is 5.75 Å². The Morgan fingerprint density at radius 2 is 0.729 bits per heavy atom. The largest absolute Gasteiger partial charge is 0.490 e. The lowest BCUT2D eigenvalue weighted by atomic mass is 10.00. The molecule has 3 nitrogen and oxygen atoms in total. The van der Waals surface area contributed by atoms with Crippen molar-refractivity contribution in [1.82, 2.24) is 0 Å². The number of benzene rings is 3. The highest BCUT2D eigenvalue weighted by Crippen LogP contribution is 2.40. The Morgan fingerprint density at radius 1 is 0.390 bits per heavy atom. The average molecular weight is 805 g/mol. The quantitative estimate of drug-likeness (QED) is 0.0433. The van der Waals surface area contributed by atoms with Crippen molar-refractivity contribution in [2.45, 2.75) is 213 Å². The summed E-state index contributed by atoms with van der Waals surface area (Å²) in [4.78, 5) is 0. The third-order valence-electron chi connectivity index (χ3n) is 11.7. The van der Waals surface area contributed by atoms with Gasteiger partial charge in [-0.3, -0.25) is 0 Å². The Kier molecular flexibility index (Phi) is 28.9. The zero-order valence-corrected chi connectivity index (χ0v) is 38.3. The van der Waals surface area contributed by atoms with E-state index in [1.807, 2.05) is 24.3 Å². The molecule has 59 heavy (non-hydrogen) atoms. The first-order chi connectivity index (χ1) is 29.2. The lowest BCUT2D eigenvalue weighted by Crippen LogP contribution is -2.07. The number of fused-ring (bicyclic) bond motifs is 1. The van der Waals surface area contributed by atoms with Crippen LogP contribution in [0.15, 0.2) is 48.5 Å². The van der Waals surface area contributed by atoms with E-state index in [-0.39, 0.29) is 0 Å². The second kappa shape index (κ2) is 34.2. The molecule has 3 heteroatoms. The minimum Gasteiger partial charge on any atom is -0.490 e.